The summed E-state index contributed by atoms with van der Waals surface area (Å²) < 4.78 is 47.4. The van der Waals surface area contributed by atoms with Crippen molar-refractivity contribution in [2.75, 3.05) is 18.5 Å². The molecule has 7 nitrogen and oxygen atoms in total. The van der Waals surface area contributed by atoms with Crippen molar-refractivity contribution in [1.82, 2.24) is 9.88 Å². The Kier molecular flexibility index (Phi) is 6.30. The van der Waals surface area contributed by atoms with E-state index in [1.807, 2.05) is 13.8 Å². The third-order valence-corrected chi connectivity index (χ3v) is 5.58. The molecule has 3 aromatic rings. The van der Waals surface area contributed by atoms with Gasteiger partial charge in [-0.25, -0.2) is 18.0 Å². The number of H-pyrrole nitrogens is 1. The monoisotopic (exact) mass is 470 g/mol. The van der Waals surface area contributed by atoms with Crippen molar-refractivity contribution in [3.63, 3.8) is 0 Å². The highest BCUT2D eigenvalue weighted by Gasteiger charge is 2.33. The van der Waals surface area contributed by atoms with E-state index in [4.69, 9.17) is 10.00 Å². The van der Waals surface area contributed by atoms with Gasteiger partial charge in [-0.3, -0.25) is 4.79 Å². The first-order valence-electron chi connectivity index (χ1n) is 10.6. The van der Waals surface area contributed by atoms with E-state index in [0.29, 0.717) is 11.3 Å². The van der Waals surface area contributed by atoms with Crippen LogP contribution in [0.3, 0.4) is 0 Å². The summed E-state index contributed by atoms with van der Waals surface area (Å²) >= 11 is 0. The molecule has 1 unspecified atom stereocenters. The molecule has 4 rings (SSSR count). The number of nitriles is 1. The number of nitrogens with zero attached hydrogens (tertiary/aromatic N) is 2. The lowest BCUT2D eigenvalue weighted by atomic mass is 9.94. The minimum atomic E-state index is -1.15. The molecule has 2 heterocycles. The summed E-state index contributed by atoms with van der Waals surface area (Å²) in [5.74, 6) is -2.95. The fourth-order valence-electron chi connectivity index (χ4n) is 4.12. The Morgan fingerprint density at radius 3 is 2.59 bits per heavy atom. The molecule has 34 heavy (non-hydrogen) atoms. The van der Waals surface area contributed by atoms with Crippen LogP contribution in [-0.2, 0) is 11.3 Å². The second-order valence-corrected chi connectivity index (χ2v) is 8.47. The summed E-state index contributed by atoms with van der Waals surface area (Å²) in [5.41, 5.74) is 0.239. The van der Waals surface area contributed by atoms with E-state index in [1.165, 1.54) is 17.0 Å². The number of carbonyl (C=O) groups is 1. The van der Waals surface area contributed by atoms with Crippen molar-refractivity contribution >= 4 is 22.5 Å². The first kappa shape index (κ1) is 23.3. The third-order valence-electron chi connectivity index (χ3n) is 5.58. The molecule has 176 valence electrons. The van der Waals surface area contributed by atoms with Gasteiger partial charge in [-0.15, -0.1) is 0 Å². The maximum atomic E-state index is 14.2. The van der Waals surface area contributed by atoms with Gasteiger partial charge >= 0.3 is 6.03 Å². The van der Waals surface area contributed by atoms with E-state index >= 15 is 0 Å². The Bertz CT molecular complexity index is 1380. The van der Waals surface area contributed by atoms with Crippen LogP contribution in [0, 0.1) is 34.7 Å². The van der Waals surface area contributed by atoms with Crippen LogP contribution in [0.1, 0.15) is 36.7 Å². The predicted molar refractivity (Wildman–Crippen MR) is 119 cm³/mol. The van der Waals surface area contributed by atoms with E-state index in [9.17, 15) is 22.8 Å². The minimum absolute atomic E-state index is 0.0159. The lowest BCUT2D eigenvalue weighted by Crippen LogP contribution is -2.44. The number of halogens is 3. The van der Waals surface area contributed by atoms with Crippen LogP contribution < -0.4 is 10.9 Å². The van der Waals surface area contributed by atoms with E-state index in [1.54, 1.807) is 6.07 Å². The summed E-state index contributed by atoms with van der Waals surface area (Å²) in [6, 6.07) is 5.86. The highest BCUT2D eigenvalue weighted by molar-refractivity contribution is 5.91. The first-order valence-corrected chi connectivity index (χ1v) is 10.6. The van der Waals surface area contributed by atoms with Gasteiger partial charge in [0.1, 0.15) is 11.9 Å². The first-order chi connectivity index (χ1) is 16.2. The van der Waals surface area contributed by atoms with Gasteiger partial charge in [-0.1, -0.05) is 13.8 Å². The number of amides is 2. The van der Waals surface area contributed by atoms with Gasteiger partial charge in [-0.05, 0) is 41.6 Å². The molecule has 0 saturated heterocycles. The number of carbonyl (C=O) groups excluding carboxylic acids is 1. The SMILES string of the molecule is CC(C)CN(C(=O)Nc1ccc(F)c(C#N)c1)C1COCc2[nH]c(=O)c3cc(F)c(F)cc3c21. The number of urea groups is 1. The van der Waals surface area contributed by atoms with Crippen LogP contribution in [0.25, 0.3) is 10.8 Å². The molecule has 0 aliphatic carbocycles. The second-order valence-electron chi connectivity index (χ2n) is 8.47. The largest absolute Gasteiger partial charge is 0.373 e. The van der Waals surface area contributed by atoms with Crippen LogP contribution in [0.5, 0.6) is 0 Å². The molecule has 1 aliphatic heterocycles. The molecule has 2 aromatic carbocycles. The number of fused-ring (bicyclic) bond motifs is 3. The Morgan fingerprint density at radius 1 is 1.21 bits per heavy atom. The molecular formula is C24H21F3N4O3. The minimum Gasteiger partial charge on any atom is -0.373 e. The quantitative estimate of drug-likeness (QED) is 0.583. The van der Waals surface area contributed by atoms with Gasteiger partial charge in [0.25, 0.3) is 5.56 Å². The zero-order chi connectivity index (χ0) is 24.6. The number of rotatable bonds is 4. The lowest BCUT2D eigenvalue weighted by molar-refractivity contribution is 0.0425. The summed E-state index contributed by atoms with van der Waals surface area (Å²) in [5, 5.41) is 11.9. The molecule has 1 aromatic heterocycles. The predicted octanol–water partition coefficient (Wildman–Crippen LogP) is 4.58. The molecule has 0 bridgehead atoms. The van der Waals surface area contributed by atoms with Gasteiger partial charge in [0.2, 0.25) is 0 Å². The number of hydrogen-bond donors (Lipinski definition) is 2. The topological polar surface area (TPSA) is 98.2 Å². The third kappa shape index (κ3) is 4.34. The average molecular weight is 470 g/mol. The standard InChI is InChI=1S/C24H21F3N4O3/c1-12(2)9-31(24(33)29-14-3-4-17(25)13(5-14)8-28)21-11-34-10-20-22(21)15-6-18(26)19(27)7-16(15)23(32)30-20/h3-7,12,21H,9-11H2,1-2H3,(H,29,33)(H,30,32). The Balaban J connectivity index is 1.80. The van der Waals surface area contributed by atoms with Crippen molar-refractivity contribution in [1.29, 1.82) is 5.26 Å². The highest BCUT2D eigenvalue weighted by Crippen LogP contribution is 2.35. The van der Waals surface area contributed by atoms with Crippen LogP contribution in [0.2, 0.25) is 0 Å². The van der Waals surface area contributed by atoms with E-state index < -0.39 is 35.1 Å². The smallest absolute Gasteiger partial charge is 0.322 e. The van der Waals surface area contributed by atoms with Crippen LogP contribution in [0.15, 0.2) is 35.1 Å². The number of benzene rings is 2. The van der Waals surface area contributed by atoms with Crippen molar-refractivity contribution in [2.45, 2.75) is 26.5 Å². The molecule has 0 fully saturated rings. The average Bonchev–Trinajstić information content (AvgIpc) is 2.79. The normalized spacial score (nSPS) is 15.1. The van der Waals surface area contributed by atoms with Gasteiger partial charge in [0, 0.05) is 23.5 Å². The van der Waals surface area contributed by atoms with Gasteiger partial charge in [-0.2, -0.15) is 5.26 Å². The second kappa shape index (κ2) is 9.19. The molecule has 1 atom stereocenters. The maximum Gasteiger partial charge on any atom is 0.322 e. The zero-order valence-corrected chi connectivity index (χ0v) is 18.4. The Morgan fingerprint density at radius 2 is 1.91 bits per heavy atom. The lowest BCUT2D eigenvalue weighted by Gasteiger charge is -2.37. The Hall–Kier alpha value is -3.84. The van der Waals surface area contributed by atoms with E-state index in [-0.39, 0.29) is 47.7 Å². The van der Waals surface area contributed by atoms with E-state index in [2.05, 4.69) is 10.3 Å². The molecule has 10 heteroatoms. The molecule has 0 radical (unpaired) electrons. The summed E-state index contributed by atoms with van der Waals surface area (Å²) in [6.07, 6.45) is 0. The van der Waals surface area contributed by atoms with Crippen molar-refractivity contribution in [3.8, 4) is 6.07 Å². The number of pyridine rings is 1. The molecule has 2 amide bonds. The van der Waals surface area contributed by atoms with Crippen molar-refractivity contribution in [3.05, 3.63) is 75.0 Å². The maximum absolute atomic E-state index is 14.2. The molecular weight excluding hydrogens is 449 g/mol. The molecule has 0 spiro atoms. The number of aromatic amines is 1. The van der Waals surface area contributed by atoms with E-state index in [0.717, 1.165) is 18.2 Å². The van der Waals surface area contributed by atoms with Crippen LogP contribution in [0.4, 0.5) is 23.7 Å². The number of nitrogens with one attached hydrogen (secondary N) is 2. The summed E-state index contributed by atoms with van der Waals surface area (Å²) in [4.78, 5) is 30.0. The van der Waals surface area contributed by atoms with Crippen LogP contribution >= 0.6 is 0 Å². The number of ether oxygens (including phenoxy) is 1. The number of hydrogen-bond acceptors (Lipinski definition) is 4. The molecule has 1 aliphatic rings. The van der Waals surface area contributed by atoms with Gasteiger partial charge in [0.05, 0.1) is 30.2 Å². The Labute approximate surface area is 192 Å². The molecule has 0 saturated carbocycles. The van der Waals surface area contributed by atoms with Crippen molar-refractivity contribution < 1.29 is 22.7 Å². The fraction of sp³-hybridized carbons (Fsp3) is 0.292. The van der Waals surface area contributed by atoms with Gasteiger partial charge < -0.3 is 19.9 Å². The van der Waals surface area contributed by atoms with Crippen LogP contribution in [-0.4, -0.2) is 29.1 Å². The fourth-order valence-corrected chi connectivity index (χ4v) is 4.12. The van der Waals surface area contributed by atoms with Crippen molar-refractivity contribution in [2.24, 2.45) is 5.92 Å². The number of aromatic nitrogens is 1. The highest BCUT2D eigenvalue weighted by atomic mass is 19.2. The van der Waals surface area contributed by atoms with Gasteiger partial charge in [0.15, 0.2) is 11.6 Å². The molecule has 2 N–H and O–H groups in total. The number of anilines is 1. The zero-order valence-electron chi connectivity index (χ0n) is 18.4. The summed E-state index contributed by atoms with van der Waals surface area (Å²) in [6.45, 7) is 4.15. The summed E-state index contributed by atoms with van der Waals surface area (Å²) in [7, 11) is 0.